The summed E-state index contributed by atoms with van der Waals surface area (Å²) in [6, 6.07) is 15.2. The molecule has 1 unspecified atom stereocenters. The monoisotopic (exact) mass is 395 g/mol. The summed E-state index contributed by atoms with van der Waals surface area (Å²) in [5.41, 5.74) is 8.76. The van der Waals surface area contributed by atoms with Crippen molar-refractivity contribution in [2.45, 2.75) is 24.4 Å². The van der Waals surface area contributed by atoms with E-state index in [-0.39, 0.29) is 12.0 Å². The second kappa shape index (κ2) is 7.85. The standard InChI is InChI=1S/C22H25N3O4/c1-24-18-11-15(7-8-19(18)29-22(24)28)20(21(23)27)17(14-5-3-2-4-6-14)13-25-10-9-16(26)12-25/h2-8,11,16-17,20,26H,9-10,12-13H2,1H3,(H2,23,27)/t16-,17+,20?/m0/s1. The van der Waals surface area contributed by atoms with Crippen molar-refractivity contribution in [1.82, 2.24) is 9.47 Å². The number of nitrogens with zero attached hydrogens (tertiary/aromatic N) is 2. The zero-order valence-electron chi connectivity index (χ0n) is 16.3. The summed E-state index contributed by atoms with van der Waals surface area (Å²) in [5.74, 6) is -1.63. The van der Waals surface area contributed by atoms with Gasteiger partial charge in [-0.15, -0.1) is 0 Å². The van der Waals surface area contributed by atoms with Gasteiger partial charge in [0.15, 0.2) is 5.58 Å². The van der Waals surface area contributed by atoms with Crippen LogP contribution in [0.25, 0.3) is 11.1 Å². The number of aliphatic hydroxyl groups is 1. The van der Waals surface area contributed by atoms with Gasteiger partial charge in [0.05, 0.1) is 17.5 Å². The molecule has 0 spiro atoms. The Balaban J connectivity index is 1.77. The predicted octanol–water partition coefficient (Wildman–Crippen LogP) is 1.55. The first-order chi connectivity index (χ1) is 13.9. The molecule has 152 valence electrons. The molecule has 1 amide bonds. The minimum atomic E-state index is -0.579. The summed E-state index contributed by atoms with van der Waals surface area (Å²) < 4.78 is 6.64. The van der Waals surface area contributed by atoms with Crippen molar-refractivity contribution in [1.29, 1.82) is 0 Å². The number of carbonyl (C=O) groups excluding carboxylic acids is 1. The van der Waals surface area contributed by atoms with Crippen LogP contribution in [0.3, 0.4) is 0 Å². The van der Waals surface area contributed by atoms with E-state index in [2.05, 4.69) is 4.90 Å². The summed E-state index contributed by atoms with van der Waals surface area (Å²) in [5, 5.41) is 9.92. The highest BCUT2D eigenvalue weighted by Gasteiger charge is 2.33. The molecule has 4 rings (SSSR count). The lowest BCUT2D eigenvalue weighted by Gasteiger charge is -2.30. The van der Waals surface area contributed by atoms with Crippen LogP contribution in [0.4, 0.5) is 0 Å². The zero-order chi connectivity index (χ0) is 20.5. The van der Waals surface area contributed by atoms with Crippen molar-refractivity contribution in [3.8, 4) is 0 Å². The fourth-order valence-electron chi connectivity index (χ4n) is 4.29. The summed E-state index contributed by atoms with van der Waals surface area (Å²) in [6.07, 6.45) is 0.390. The number of rotatable bonds is 6. The molecule has 7 nitrogen and oxygen atoms in total. The van der Waals surface area contributed by atoms with Gasteiger partial charge in [-0.1, -0.05) is 36.4 Å². The maximum absolute atomic E-state index is 12.6. The molecule has 0 saturated carbocycles. The van der Waals surface area contributed by atoms with Crippen molar-refractivity contribution >= 4 is 17.0 Å². The number of aliphatic hydroxyl groups excluding tert-OH is 1. The average molecular weight is 395 g/mol. The van der Waals surface area contributed by atoms with Crippen molar-refractivity contribution in [3.63, 3.8) is 0 Å². The molecule has 1 aliphatic heterocycles. The molecule has 3 atom stereocenters. The Morgan fingerprint density at radius 1 is 1.24 bits per heavy atom. The Morgan fingerprint density at radius 2 is 2.00 bits per heavy atom. The molecule has 2 heterocycles. The minimum absolute atomic E-state index is 0.180. The molecular formula is C22H25N3O4. The SMILES string of the molecule is Cn1c(=O)oc2ccc(C(C(N)=O)[C@H](CN3CC[C@H](O)C3)c3ccccc3)cc21. The number of aromatic nitrogens is 1. The van der Waals surface area contributed by atoms with Gasteiger partial charge in [0.25, 0.3) is 0 Å². The van der Waals surface area contributed by atoms with E-state index in [1.54, 1.807) is 19.2 Å². The molecule has 0 aliphatic carbocycles. The molecule has 0 radical (unpaired) electrons. The third-order valence-corrected chi connectivity index (χ3v) is 5.81. The summed E-state index contributed by atoms with van der Waals surface area (Å²) in [4.78, 5) is 26.7. The Morgan fingerprint density at radius 3 is 2.66 bits per heavy atom. The molecule has 1 aromatic heterocycles. The number of hydrogen-bond donors (Lipinski definition) is 2. The lowest BCUT2D eigenvalue weighted by Crippen LogP contribution is -2.35. The minimum Gasteiger partial charge on any atom is -0.408 e. The van der Waals surface area contributed by atoms with Gasteiger partial charge in [0.1, 0.15) is 0 Å². The van der Waals surface area contributed by atoms with Crippen LogP contribution in [0, 0.1) is 0 Å². The van der Waals surface area contributed by atoms with Crippen LogP contribution in [-0.2, 0) is 11.8 Å². The Labute approximate surface area is 168 Å². The van der Waals surface area contributed by atoms with Gasteiger partial charge in [-0.3, -0.25) is 9.36 Å². The second-order valence-corrected chi connectivity index (χ2v) is 7.75. The average Bonchev–Trinajstić information content (AvgIpc) is 3.24. The third kappa shape index (κ3) is 3.83. The molecule has 3 N–H and O–H groups in total. The predicted molar refractivity (Wildman–Crippen MR) is 110 cm³/mol. The number of hydrogen-bond acceptors (Lipinski definition) is 5. The summed E-state index contributed by atoms with van der Waals surface area (Å²) in [7, 11) is 1.64. The van der Waals surface area contributed by atoms with Crippen LogP contribution in [0.1, 0.15) is 29.4 Å². The number of fused-ring (bicyclic) bond motifs is 1. The summed E-state index contributed by atoms with van der Waals surface area (Å²) in [6.45, 7) is 1.98. The van der Waals surface area contributed by atoms with Gasteiger partial charge in [-0.05, 0) is 29.7 Å². The van der Waals surface area contributed by atoms with E-state index in [0.29, 0.717) is 24.2 Å². The molecular weight excluding hydrogens is 370 g/mol. The first-order valence-electron chi connectivity index (χ1n) is 9.78. The van der Waals surface area contributed by atoms with Crippen LogP contribution < -0.4 is 11.5 Å². The molecule has 1 fully saturated rings. The van der Waals surface area contributed by atoms with Gasteiger partial charge in [0, 0.05) is 32.6 Å². The molecule has 29 heavy (non-hydrogen) atoms. The Bertz CT molecular complexity index is 1070. The fourth-order valence-corrected chi connectivity index (χ4v) is 4.29. The highest BCUT2D eigenvalue weighted by Crippen LogP contribution is 2.35. The van der Waals surface area contributed by atoms with Gasteiger partial charge in [-0.2, -0.15) is 0 Å². The molecule has 1 aliphatic rings. The van der Waals surface area contributed by atoms with Crippen molar-refractivity contribution in [2.24, 2.45) is 12.8 Å². The first-order valence-corrected chi connectivity index (χ1v) is 9.78. The van der Waals surface area contributed by atoms with Crippen LogP contribution in [0.15, 0.2) is 57.7 Å². The van der Waals surface area contributed by atoms with E-state index in [9.17, 15) is 14.7 Å². The Kier molecular flexibility index (Phi) is 5.25. The van der Waals surface area contributed by atoms with Gasteiger partial charge in [-0.25, -0.2) is 4.79 Å². The topological polar surface area (TPSA) is 102 Å². The molecule has 3 aromatic rings. The first kappa shape index (κ1) is 19.4. The third-order valence-electron chi connectivity index (χ3n) is 5.81. The maximum atomic E-state index is 12.6. The van der Waals surface area contributed by atoms with E-state index in [0.717, 1.165) is 24.1 Å². The van der Waals surface area contributed by atoms with Crippen molar-refractivity contribution < 1.29 is 14.3 Å². The number of primary amides is 1. The van der Waals surface area contributed by atoms with E-state index < -0.39 is 17.6 Å². The molecule has 7 heteroatoms. The van der Waals surface area contributed by atoms with E-state index >= 15 is 0 Å². The van der Waals surface area contributed by atoms with Gasteiger partial charge in [0.2, 0.25) is 5.91 Å². The van der Waals surface area contributed by atoms with Crippen LogP contribution >= 0.6 is 0 Å². The number of β-amino-alcohol motifs (C(OH)–C–C–N with tert-alkyl or cyclic N) is 1. The second-order valence-electron chi connectivity index (χ2n) is 7.75. The maximum Gasteiger partial charge on any atom is 0.419 e. The normalized spacial score (nSPS) is 19.4. The van der Waals surface area contributed by atoms with Crippen molar-refractivity contribution in [2.75, 3.05) is 19.6 Å². The number of nitrogens with two attached hydrogens (primary N) is 1. The molecule has 0 bridgehead atoms. The largest absolute Gasteiger partial charge is 0.419 e. The highest BCUT2D eigenvalue weighted by molar-refractivity contribution is 5.85. The van der Waals surface area contributed by atoms with Crippen LogP contribution in [0.5, 0.6) is 0 Å². The number of amides is 1. The van der Waals surface area contributed by atoms with Gasteiger partial charge < -0.3 is 20.2 Å². The highest BCUT2D eigenvalue weighted by atomic mass is 16.4. The number of likely N-dealkylation sites (tertiary alicyclic amines) is 1. The number of oxazole rings is 1. The van der Waals surface area contributed by atoms with E-state index in [1.807, 2.05) is 36.4 Å². The Hall–Kier alpha value is -2.90. The summed E-state index contributed by atoms with van der Waals surface area (Å²) >= 11 is 0. The quantitative estimate of drug-likeness (QED) is 0.659. The molecule has 1 saturated heterocycles. The van der Waals surface area contributed by atoms with E-state index in [1.165, 1.54) is 4.57 Å². The fraction of sp³-hybridized carbons (Fsp3) is 0.364. The molecule has 2 aromatic carbocycles. The number of carbonyl (C=O) groups is 1. The number of benzene rings is 2. The van der Waals surface area contributed by atoms with Crippen LogP contribution in [-0.4, -0.2) is 46.2 Å². The van der Waals surface area contributed by atoms with E-state index in [4.69, 9.17) is 10.2 Å². The lowest BCUT2D eigenvalue weighted by molar-refractivity contribution is -0.120. The number of aryl methyl sites for hydroxylation is 1. The van der Waals surface area contributed by atoms with Gasteiger partial charge >= 0.3 is 5.76 Å². The zero-order valence-corrected chi connectivity index (χ0v) is 16.3. The van der Waals surface area contributed by atoms with Crippen LogP contribution in [0.2, 0.25) is 0 Å². The lowest BCUT2D eigenvalue weighted by atomic mass is 9.80. The van der Waals surface area contributed by atoms with Crippen molar-refractivity contribution in [3.05, 3.63) is 70.2 Å². The smallest absolute Gasteiger partial charge is 0.408 e.